The van der Waals surface area contributed by atoms with Gasteiger partial charge in [-0.25, -0.2) is 4.79 Å². The van der Waals surface area contributed by atoms with E-state index in [-0.39, 0.29) is 17.7 Å². The van der Waals surface area contributed by atoms with E-state index in [4.69, 9.17) is 9.47 Å². The van der Waals surface area contributed by atoms with E-state index in [0.29, 0.717) is 18.8 Å². The molecule has 166 valence electrons. The second-order valence-electron chi connectivity index (χ2n) is 9.95. The van der Waals surface area contributed by atoms with Crippen molar-refractivity contribution in [3.05, 3.63) is 22.8 Å². The van der Waals surface area contributed by atoms with Crippen molar-refractivity contribution in [2.45, 2.75) is 78.0 Å². The fraction of sp³-hybridized carbons (Fsp3) is 0.625. The van der Waals surface area contributed by atoms with Crippen LogP contribution in [-0.2, 0) is 16.1 Å². The molecule has 7 nitrogen and oxygen atoms in total. The van der Waals surface area contributed by atoms with Gasteiger partial charge in [0.15, 0.2) is 0 Å². The van der Waals surface area contributed by atoms with Crippen molar-refractivity contribution in [1.82, 2.24) is 4.90 Å². The molecule has 2 heterocycles. The fourth-order valence-electron chi connectivity index (χ4n) is 5.09. The maximum absolute atomic E-state index is 13.2. The number of amides is 2. The lowest BCUT2D eigenvalue weighted by Crippen LogP contribution is -2.42. The molecule has 4 rings (SSSR count). The zero-order chi connectivity index (χ0) is 22.6. The Balaban J connectivity index is 1.75. The summed E-state index contributed by atoms with van der Waals surface area (Å²) in [4.78, 5) is 29.6. The van der Waals surface area contributed by atoms with Gasteiger partial charge in [-0.15, -0.1) is 0 Å². The second kappa shape index (κ2) is 7.44. The largest absolute Gasteiger partial charge is 0.494 e. The maximum atomic E-state index is 13.2. The highest BCUT2D eigenvalue weighted by molar-refractivity contribution is 6.01. The molecule has 1 aliphatic carbocycles. The van der Waals surface area contributed by atoms with Gasteiger partial charge in [0.25, 0.3) is 0 Å². The van der Waals surface area contributed by atoms with E-state index < -0.39 is 17.7 Å². The summed E-state index contributed by atoms with van der Waals surface area (Å²) in [6, 6.07) is 3.80. The molecular weight excluding hydrogens is 394 g/mol. The first-order valence-electron chi connectivity index (χ1n) is 11.0. The maximum Gasteiger partial charge on any atom is 0.411 e. The van der Waals surface area contributed by atoms with Crippen molar-refractivity contribution in [2.24, 2.45) is 5.41 Å². The van der Waals surface area contributed by atoms with Gasteiger partial charge >= 0.3 is 6.09 Å². The molecule has 3 aliphatic rings. The third kappa shape index (κ3) is 3.62. The van der Waals surface area contributed by atoms with Gasteiger partial charge in [0.1, 0.15) is 11.4 Å². The number of hydrogen-bond acceptors (Lipinski definition) is 5. The zero-order valence-electron chi connectivity index (χ0n) is 19.1. The molecule has 1 atom stereocenters. The summed E-state index contributed by atoms with van der Waals surface area (Å²) in [6.45, 7) is 8.46. The van der Waals surface area contributed by atoms with Crippen LogP contribution in [0, 0.1) is 23.7 Å². The molecule has 0 N–H and O–H groups in total. The average Bonchev–Trinajstić information content (AvgIpc) is 3.37. The number of ether oxygens (including phenoxy) is 2. The molecule has 1 saturated carbocycles. The lowest BCUT2D eigenvalue weighted by atomic mass is 9.91. The van der Waals surface area contributed by atoms with Crippen LogP contribution in [0.4, 0.5) is 10.5 Å². The number of hydrogen-bond donors (Lipinski definition) is 0. The molecule has 1 aromatic carbocycles. The van der Waals surface area contributed by atoms with Gasteiger partial charge in [-0.05, 0) is 76.1 Å². The number of benzene rings is 1. The highest BCUT2D eigenvalue weighted by atomic mass is 16.6. The molecule has 0 radical (unpaired) electrons. The molecule has 1 aromatic rings. The molecule has 1 unspecified atom stereocenters. The average molecular weight is 426 g/mol. The lowest BCUT2D eigenvalue weighted by molar-refractivity contribution is -0.125. The molecule has 0 aromatic heterocycles. The Hall–Kier alpha value is -2.75. The second-order valence-corrected chi connectivity index (χ2v) is 9.95. The Morgan fingerprint density at radius 1 is 1.32 bits per heavy atom. The molecule has 7 heteroatoms. The number of piperidine rings is 1. The number of methoxy groups -OCH3 is 1. The van der Waals surface area contributed by atoms with Crippen molar-refractivity contribution in [1.29, 1.82) is 5.26 Å². The van der Waals surface area contributed by atoms with Gasteiger partial charge in [0.05, 0.1) is 37.9 Å². The van der Waals surface area contributed by atoms with Crippen molar-refractivity contribution in [3.8, 4) is 11.8 Å². The minimum atomic E-state index is -0.625. The first-order valence-corrected chi connectivity index (χ1v) is 11.0. The summed E-state index contributed by atoms with van der Waals surface area (Å²) in [6.07, 6.45) is 3.60. The van der Waals surface area contributed by atoms with Crippen LogP contribution in [-0.4, -0.2) is 36.2 Å². The summed E-state index contributed by atoms with van der Waals surface area (Å²) in [5.74, 6) is 0.839. The third-order valence-corrected chi connectivity index (χ3v) is 6.68. The van der Waals surface area contributed by atoms with Gasteiger partial charge < -0.3 is 14.4 Å². The highest BCUT2D eigenvalue weighted by Gasteiger charge is 2.54. The molecule has 1 saturated heterocycles. The molecule has 2 fully saturated rings. The third-order valence-electron chi connectivity index (χ3n) is 6.68. The van der Waals surface area contributed by atoms with Crippen LogP contribution in [0.5, 0.6) is 5.75 Å². The zero-order valence-corrected chi connectivity index (χ0v) is 19.1. The quantitative estimate of drug-likeness (QED) is 0.706. The molecule has 1 spiro atoms. The fourth-order valence-corrected chi connectivity index (χ4v) is 5.09. The van der Waals surface area contributed by atoms with Crippen molar-refractivity contribution < 1.29 is 19.1 Å². The number of nitrogens with zero attached hydrogens (tertiary/aromatic N) is 3. The Morgan fingerprint density at radius 3 is 2.61 bits per heavy atom. The van der Waals surface area contributed by atoms with Crippen LogP contribution in [0.3, 0.4) is 0 Å². The molecule has 31 heavy (non-hydrogen) atoms. The summed E-state index contributed by atoms with van der Waals surface area (Å²) in [7, 11) is 1.61. The number of nitriles is 1. The van der Waals surface area contributed by atoms with Crippen LogP contribution < -0.4 is 9.64 Å². The molecule has 2 amide bonds. The summed E-state index contributed by atoms with van der Waals surface area (Å²) < 4.78 is 11.4. The highest BCUT2D eigenvalue weighted by Crippen LogP contribution is 2.55. The topological polar surface area (TPSA) is 82.9 Å². The lowest BCUT2D eigenvalue weighted by Gasteiger charge is -2.34. The molecular formula is C24H31N3O4. The minimum Gasteiger partial charge on any atom is -0.494 e. The normalized spacial score (nSPS) is 21.7. The van der Waals surface area contributed by atoms with E-state index >= 15 is 0 Å². The van der Waals surface area contributed by atoms with Crippen LogP contribution in [0.1, 0.15) is 75.6 Å². The summed E-state index contributed by atoms with van der Waals surface area (Å²) in [5.41, 5.74) is 2.73. The van der Waals surface area contributed by atoms with Gasteiger partial charge in [-0.2, -0.15) is 5.26 Å². The van der Waals surface area contributed by atoms with Gasteiger partial charge in [0.2, 0.25) is 5.91 Å². The van der Waals surface area contributed by atoms with Crippen molar-refractivity contribution >= 4 is 17.7 Å². The SMILES string of the molecule is COc1c(N2CCCC3(CC3)C2=O)cc2c(c1C)C(CC#N)N(C(=O)OC(C)(C)C)C2. The van der Waals surface area contributed by atoms with Crippen LogP contribution in [0.25, 0.3) is 0 Å². The Morgan fingerprint density at radius 2 is 2.03 bits per heavy atom. The van der Waals surface area contributed by atoms with Gasteiger partial charge in [-0.3, -0.25) is 9.69 Å². The van der Waals surface area contributed by atoms with Gasteiger partial charge in [-0.1, -0.05) is 0 Å². The minimum absolute atomic E-state index is 0.168. The number of carbonyl (C=O) groups is 2. The van der Waals surface area contributed by atoms with E-state index in [1.807, 2.05) is 38.7 Å². The first kappa shape index (κ1) is 21.5. The smallest absolute Gasteiger partial charge is 0.411 e. The van der Waals surface area contributed by atoms with Crippen LogP contribution >= 0.6 is 0 Å². The summed E-state index contributed by atoms with van der Waals surface area (Å²) >= 11 is 0. The Bertz CT molecular complexity index is 969. The van der Waals surface area contributed by atoms with Crippen LogP contribution in [0.2, 0.25) is 0 Å². The standard InChI is InChI=1S/C24H31N3O4/c1-15-19-16(14-27(17(19)7-11-25)22(29)31-23(2,3)4)13-18(20(15)30-5)26-12-6-8-24(9-10-24)21(26)28/h13,17H,6-10,12,14H2,1-5H3. The Kier molecular flexibility index (Phi) is 5.15. The predicted molar refractivity (Wildman–Crippen MR) is 116 cm³/mol. The molecule has 0 bridgehead atoms. The van der Waals surface area contributed by atoms with Crippen molar-refractivity contribution in [3.63, 3.8) is 0 Å². The first-order chi connectivity index (χ1) is 14.6. The van der Waals surface area contributed by atoms with E-state index in [1.54, 1.807) is 12.0 Å². The number of fused-ring (bicyclic) bond motifs is 1. The predicted octanol–water partition coefficient (Wildman–Crippen LogP) is 4.62. The summed E-state index contributed by atoms with van der Waals surface area (Å²) in [5, 5.41) is 9.45. The Labute approximate surface area is 183 Å². The van der Waals surface area contributed by atoms with Crippen molar-refractivity contribution in [2.75, 3.05) is 18.6 Å². The van der Waals surface area contributed by atoms with Crippen LogP contribution in [0.15, 0.2) is 6.07 Å². The van der Waals surface area contributed by atoms with E-state index in [1.165, 1.54) is 0 Å². The number of anilines is 1. The number of rotatable bonds is 3. The van der Waals surface area contributed by atoms with E-state index in [2.05, 4.69) is 6.07 Å². The van der Waals surface area contributed by atoms with E-state index in [0.717, 1.165) is 48.1 Å². The molecule has 2 aliphatic heterocycles. The van der Waals surface area contributed by atoms with Gasteiger partial charge in [0, 0.05) is 12.0 Å². The monoisotopic (exact) mass is 425 g/mol. The number of carbonyl (C=O) groups excluding carboxylic acids is 2. The van der Waals surface area contributed by atoms with E-state index in [9.17, 15) is 14.9 Å².